The molecule has 2 rings (SSSR count). The van der Waals surface area contributed by atoms with E-state index in [1.165, 1.54) is 4.90 Å². The summed E-state index contributed by atoms with van der Waals surface area (Å²) in [7, 11) is 0. The van der Waals surface area contributed by atoms with E-state index in [4.69, 9.17) is 0 Å². The number of hydrogen-bond donors (Lipinski definition) is 1. The molecule has 2 fully saturated rings. The van der Waals surface area contributed by atoms with Crippen molar-refractivity contribution >= 4 is 17.7 Å². The Morgan fingerprint density at radius 1 is 1.41 bits per heavy atom. The highest BCUT2D eigenvalue weighted by Crippen LogP contribution is 2.26. The molecule has 0 radical (unpaired) electrons. The molecular weight excluding hydrogens is 227 g/mol. The number of carbonyl (C=O) groups is 3. The third kappa shape index (κ3) is 1.86. The van der Waals surface area contributed by atoms with E-state index in [1.54, 1.807) is 0 Å². The van der Waals surface area contributed by atoms with Gasteiger partial charge in [-0.15, -0.1) is 0 Å². The molecular formula is C11H11FN2O3. The van der Waals surface area contributed by atoms with E-state index in [-0.39, 0.29) is 36.4 Å². The molecule has 0 aromatic carbocycles. The smallest absolute Gasteiger partial charge is 0.254 e. The van der Waals surface area contributed by atoms with E-state index in [0.717, 1.165) is 0 Å². The minimum Gasteiger partial charge on any atom is -0.322 e. The first-order valence-corrected chi connectivity index (χ1v) is 5.17. The lowest BCUT2D eigenvalue weighted by Crippen LogP contribution is -2.52. The highest BCUT2D eigenvalue weighted by atomic mass is 19.1. The summed E-state index contributed by atoms with van der Waals surface area (Å²) in [5.74, 6) is -1.32. The SMILES string of the molecule is C=C1C(=O)N(C2CCC(=O)NC2=O)C/C1=C\F. The summed E-state index contributed by atoms with van der Waals surface area (Å²) in [5.41, 5.74) is 0.247. The van der Waals surface area contributed by atoms with Crippen molar-refractivity contribution < 1.29 is 18.8 Å². The first kappa shape index (κ1) is 11.5. The highest BCUT2D eigenvalue weighted by molar-refractivity contribution is 6.06. The first-order valence-electron chi connectivity index (χ1n) is 5.17. The van der Waals surface area contributed by atoms with Crippen LogP contribution in [0.15, 0.2) is 24.1 Å². The van der Waals surface area contributed by atoms with Gasteiger partial charge >= 0.3 is 0 Å². The lowest BCUT2D eigenvalue weighted by atomic mass is 10.0. The zero-order chi connectivity index (χ0) is 12.6. The van der Waals surface area contributed by atoms with Gasteiger partial charge in [-0.2, -0.15) is 0 Å². The van der Waals surface area contributed by atoms with E-state index in [9.17, 15) is 18.8 Å². The van der Waals surface area contributed by atoms with Crippen LogP contribution in [0.1, 0.15) is 12.8 Å². The second-order valence-corrected chi connectivity index (χ2v) is 4.01. The van der Waals surface area contributed by atoms with Gasteiger partial charge in [0.2, 0.25) is 11.8 Å². The van der Waals surface area contributed by atoms with Crippen LogP contribution in [-0.4, -0.2) is 35.2 Å². The van der Waals surface area contributed by atoms with Crippen LogP contribution in [0.5, 0.6) is 0 Å². The number of halogens is 1. The van der Waals surface area contributed by atoms with E-state index in [0.29, 0.717) is 6.33 Å². The Balaban J connectivity index is 2.19. The number of nitrogens with one attached hydrogen (secondary N) is 1. The number of hydrogen-bond acceptors (Lipinski definition) is 3. The molecule has 90 valence electrons. The van der Waals surface area contributed by atoms with Crippen LogP contribution in [0.3, 0.4) is 0 Å². The number of likely N-dealkylation sites (tertiary alicyclic amines) is 1. The molecule has 0 aromatic heterocycles. The molecule has 0 saturated carbocycles. The van der Waals surface area contributed by atoms with Gasteiger partial charge in [-0.1, -0.05) is 6.58 Å². The Morgan fingerprint density at radius 2 is 2.12 bits per heavy atom. The fraction of sp³-hybridized carbons (Fsp3) is 0.364. The zero-order valence-corrected chi connectivity index (χ0v) is 9.03. The van der Waals surface area contributed by atoms with Gasteiger partial charge in [-0.05, 0) is 6.42 Å². The van der Waals surface area contributed by atoms with Crippen molar-refractivity contribution in [1.82, 2.24) is 10.2 Å². The van der Waals surface area contributed by atoms with Gasteiger partial charge in [0, 0.05) is 24.1 Å². The lowest BCUT2D eigenvalue weighted by Gasteiger charge is -2.28. The van der Waals surface area contributed by atoms with Crippen molar-refractivity contribution in [3.8, 4) is 0 Å². The Labute approximate surface area is 97.0 Å². The Morgan fingerprint density at radius 3 is 2.65 bits per heavy atom. The summed E-state index contributed by atoms with van der Waals surface area (Å²) in [4.78, 5) is 35.5. The topological polar surface area (TPSA) is 66.5 Å². The van der Waals surface area contributed by atoms with Gasteiger partial charge in [0.05, 0.1) is 6.33 Å². The van der Waals surface area contributed by atoms with Crippen molar-refractivity contribution in [1.29, 1.82) is 0 Å². The van der Waals surface area contributed by atoms with Gasteiger partial charge in [0.15, 0.2) is 0 Å². The molecule has 1 unspecified atom stereocenters. The first-order chi connectivity index (χ1) is 8.04. The minimum absolute atomic E-state index is 0.0282. The van der Waals surface area contributed by atoms with Crippen molar-refractivity contribution in [2.45, 2.75) is 18.9 Å². The maximum Gasteiger partial charge on any atom is 0.254 e. The number of imide groups is 1. The number of carbonyl (C=O) groups excluding carboxylic acids is 3. The third-order valence-corrected chi connectivity index (χ3v) is 2.97. The summed E-state index contributed by atoms with van der Waals surface area (Å²) >= 11 is 0. The van der Waals surface area contributed by atoms with Crippen LogP contribution < -0.4 is 5.32 Å². The number of rotatable bonds is 1. The Kier molecular flexibility index (Phi) is 2.79. The van der Waals surface area contributed by atoms with Crippen molar-refractivity contribution in [3.63, 3.8) is 0 Å². The van der Waals surface area contributed by atoms with Crippen LogP contribution >= 0.6 is 0 Å². The predicted molar refractivity (Wildman–Crippen MR) is 56.2 cm³/mol. The summed E-state index contributed by atoms with van der Waals surface area (Å²) in [6.45, 7) is 3.50. The number of piperidine rings is 1. The standard InChI is InChI=1S/C11H11FN2O3/c1-6-7(4-12)5-14(11(6)17)8-2-3-9(15)13-10(8)16/h4,8H,1-3,5H2,(H,13,15,16)/b7-4+. The summed E-state index contributed by atoms with van der Waals surface area (Å²) < 4.78 is 12.5. The fourth-order valence-corrected chi connectivity index (χ4v) is 1.99. The molecule has 0 bridgehead atoms. The molecule has 2 aliphatic rings. The maximum absolute atomic E-state index is 12.5. The molecule has 0 aromatic rings. The molecule has 2 aliphatic heterocycles. The summed E-state index contributed by atoms with van der Waals surface area (Å²) in [6, 6.07) is -0.714. The van der Waals surface area contributed by atoms with E-state index < -0.39 is 17.9 Å². The van der Waals surface area contributed by atoms with Gasteiger partial charge in [0.1, 0.15) is 6.04 Å². The summed E-state index contributed by atoms with van der Waals surface area (Å²) in [5, 5.41) is 2.16. The van der Waals surface area contributed by atoms with Crippen LogP contribution in [0.2, 0.25) is 0 Å². The van der Waals surface area contributed by atoms with Gasteiger partial charge < -0.3 is 4.90 Å². The monoisotopic (exact) mass is 238 g/mol. The minimum atomic E-state index is -0.714. The normalized spacial score (nSPS) is 27.9. The predicted octanol–water partition coefficient (Wildman–Crippen LogP) is 0.0434. The highest BCUT2D eigenvalue weighted by Gasteiger charge is 2.39. The molecule has 0 spiro atoms. The summed E-state index contributed by atoms with van der Waals surface area (Å²) in [6.07, 6.45) is 0.775. The second-order valence-electron chi connectivity index (χ2n) is 4.01. The van der Waals surface area contributed by atoms with E-state index in [2.05, 4.69) is 11.9 Å². The largest absolute Gasteiger partial charge is 0.322 e. The molecule has 2 saturated heterocycles. The van der Waals surface area contributed by atoms with E-state index in [1.807, 2.05) is 0 Å². The van der Waals surface area contributed by atoms with Crippen LogP contribution in [-0.2, 0) is 14.4 Å². The third-order valence-electron chi connectivity index (χ3n) is 2.97. The zero-order valence-electron chi connectivity index (χ0n) is 9.03. The molecule has 0 aliphatic carbocycles. The lowest BCUT2D eigenvalue weighted by molar-refractivity contribution is -0.142. The molecule has 6 heteroatoms. The van der Waals surface area contributed by atoms with Crippen molar-refractivity contribution in [2.75, 3.05) is 6.54 Å². The average Bonchev–Trinajstić information content (AvgIpc) is 2.57. The van der Waals surface area contributed by atoms with Crippen molar-refractivity contribution in [3.05, 3.63) is 24.1 Å². The molecule has 3 amide bonds. The van der Waals surface area contributed by atoms with Crippen LogP contribution in [0, 0.1) is 0 Å². The fourth-order valence-electron chi connectivity index (χ4n) is 1.99. The Bertz CT molecular complexity index is 456. The van der Waals surface area contributed by atoms with E-state index >= 15 is 0 Å². The molecule has 5 nitrogen and oxygen atoms in total. The number of amides is 3. The maximum atomic E-state index is 12.5. The second kappa shape index (κ2) is 4.12. The average molecular weight is 238 g/mol. The van der Waals surface area contributed by atoms with Crippen molar-refractivity contribution in [2.24, 2.45) is 0 Å². The molecule has 1 atom stereocenters. The quantitative estimate of drug-likeness (QED) is 0.518. The molecule has 1 N–H and O–H groups in total. The molecule has 2 heterocycles. The van der Waals surface area contributed by atoms with Crippen LogP contribution in [0.4, 0.5) is 4.39 Å². The van der Waals surface area contributed by atoms with Gasteiger partial charge in [-0.25, -0.2) is 4.39 Å². The van der Waals surface area contributed by atoms with Gasteiger partial charge in [0.25, 0.3) is 5.91 Å². The Hall–Kier alpha value is -1.98. The van der Waals surface area contributed by atoms with Gasteiger partial charge in [-0.3, -0.25) is 19.7 Å². The van der Waals surface area contributed by atoms with Crippen LogP contribution in [0.25, 0.3) is 0 Å². The number of nitrogens with zero attached hydrogens (tertiary/aromatic N) is 1. The molecule has 17 heavy (non-hydrogen) atoms.